The molecule has 0 aromatic carbocycles. The number of nitrogens with zero attached hydrogens (tertiary/aromatic N) is 4. The molecule has 0 radical (unpaired) electrons. The van der Waals surface area contributed by atoms with E-state index in [1.807, 2.05) is 24.1 Å². The highest BCUT2D eigenvalue weighted by molar-refractivity contribution is 7.19. The average molecular weight is 373 g/mol. The molecule has 4 rings (SSSR count). The average Bonchev–Trinajstić information content (AvgIpc) is 3.27. The number of piperidine rings is 1. The van der Waals surface area contributed by atoms with Gasteiger partial charge in [-0.1, -0.05) is 11.3 Å². The number of carbonyl (C=O) groups excluding carboxylic acids is 2. The van der Waals surface area contributed by atoms with E-state index in [2.05, 4.69) is 20.2 Å². The highest BCUT2D eigenvalue weighted by Gasteiger charge is 2.31. The first kappa shape index (κ1) is 17.4. The van der Waals surface area contributed by atoms with Crippen LogP contribution in [0.2, 0.25) is 0 Å². The summed E-state index contributed by atoms with van der Waals surface area (Å²) in [4.78, 5) is 38.7. The van der Waals surface area contributed by atoms with E-state index in [1.165, 1.54) is 11.3 Å². The molecule has 0 aliphatic carbocycles. The molecule has 2 saturated heterocycles. The number of carbonyl (C=O) groups is 2. The van der Waals surface area contributed by atoms with Crippen LogP contribution < -0.4 is 5.32 Å². The summed E-state index contributed by atoms with van der Waals surface area (Å²) in [6.07, 6.45) is 4.43. The molecule has 2 aliphatic rings. The Bertz CT molecular complexity index is 790. The number of fused-ring (bicyclic) bond motifs is 1. The van der Waals surface area contributed by atoms with Gasteiger partial charge in [0, 0.05) is 31.9 Å². The van der Waals surface area contributed by atoms with Gasteiger partial charge >= 0.3 is 0 Å². The first-order valence-corrected chi connectivity index (χ1v) is 9.91. The molecular formula is C18H23N5O2S. The number of amides is 2. The zero-order chi connectivity index (χ0) is 18.1. The molecule has 7 nitrogen and oxygen atoms in total. The van der Waals surface area contributed by atoms with E-state index in [9.17, 15) is 9.59 Å². The zero-order valence-electron chi connectivity index (χ0n) is 14.9. The second-order valence-corrected chi connectivity index (χ2v) is 8.17. The van der Waals surface area contributed by atoms with E-state index in [0.29, 0.717) is 18.1 Å². The molecule has 8 heteroatoms. The summed E-state index contributed by atoms with van der Waals surface area (Å²) in [6, 6.07) is 3.72. The van der Waals surface area contributed by atoms with Crippen molar-refractivity contribution in [2.45, 2.75) is 25.3 Å². The number of hydrogen-bond acceptors (Lipinski definition) is 6. The van der Waals surface area contributed by atoms with Gasteiger partial charge in [0.25, 0.3) is 5.91 Å². The van der Waals surface area contributed by atoms with Gasteiger partial charge in [0.1, 0.15) is 10.3 Å². The van der Waals surface area contributed by atoms with Crippen molar-refractivity contribution < 1.29 is 9.59 Å². The fourth-order valence-electron chi connectivity index (χ4n) is 3.74. The number of likely N-dealkylation sites (tertiary alicyclic amines) is 2. The predicted molar refractivity (Wildman–Crippen MR) is 100 cm³/mol. The quantitative estimate of drug-likeness (QED) is 0.879. The maximum Gasteiger partial charge on any atom is 0.282 e. The van der Waals surface area contributed by atoms with Gasteiger partial charge in [0.2, 0.25) is 5.91 Å². The fraction of sp³-hybridized carbons (Fsp3) is 0.556. The summed E-state index contributed by atoms with van der Waals surface area (Å²) < 4.78 is 0. The SMILES string of the molecule is CN1CCC(C(=O)NC2CCCN(C(=O)c3nc4cccnc4s3)C2)C1. The largest absolute Gasteiger partial charge is 0.351 e. The number of pyridine rings is 1. The Labute approximate surface area is 156 Å². The van der Waals surface area contributed by atoms with Gasteiger partial charge in [-0.25, -0.2) is 9.97 Å². The Morgan fingerprint density at radius 2 is 2.15 bits per heavy atom. The van der Waals surface area contributed by atoms with E-state index in [4.69, 9.17) is 0 Å². The normalized spacial score (nSPS) is 24.1. The van der Waals surface area contributed by atoms with Gasteiger partial charge in [0.15, 0.2) is 5.01 Å². The second-order valence-electron chi connectivity index (χ2n) is 7.19. The van der Waals surface area contributed by atoms with Crippen molar-refractivity contribution in [1.29, 1.82) is 0 Å². The Morgan fingerprint density at radius 1 is 1.27 bits per heavy atom. The molecule has 138 valence electrons. The van der Waals surface area contributed by atoms with Crippen molar-refractivity contribution >= 4 is 33.5 Å². The van der Waals surface area contributed by atoms with E-state index < -0.39 is 0 Å². The molecule has 2 aromatic rings. The lowest BCUT2D eigenvalue weighted by molar-refractivity contribution is -0.125. The lowest BCUT2D eigenvalue weighted by Crippen LogP contribution is -2.51. The third-order valence-corrected chi connectivity index (χ3v) is 6.13. The maximum absolute atomic E-state index is 12.8. The first-order valence-electron chi connectivity index (χ1n) is 9.10. The van der Waals surface area contributed by atoms with Crippen LogP contribution in [0.5, 0.6) is 0 Å². The third kappa shape index (κ3) is 3.57. The molecule has 2 amide bonds. The Kier molecular flexibility index (Phi) is 4.86. The number of thiazole rings is 1. The molecule has 0 spiro atoms. The van der Waals surface area contributed by atoms with Crippen LogP contribution in [0, 0.1) is 5.92 Å². The number of nitrogens with one attached hydrogen (secondary N) is 1. The second kappa shape index (κ2) is 7.28. The third-order valence-electron chi connectivity index (χ3n) is 5.17. The lowest BCUT2D eigenvalue weighted by Gasteiger charge is -2.33. The van der Waals surface area contributed by atoms with Crippen LogP contribution in [0.1, 0.15) is 29.1 Å². The van der Waals surface area contributed by atoms with E-state index in [1.54, 1.807) is 6.20 Å². The molecular weight excluding hydrogens is 350 g/mol. The molecule has 26 heavy (non-hydrogen) atoms. The van der Waals surface area contributed by atoms with Crippen LogP contribution >= 0.6 is 11.3 Å². The summed E-state index contributed by atoms with van der Waals surface area (Å²) in [5.41, 5.74) is 0.757. The standard InChI is InChI=1S/C18H23N5O2S/c1-22-9-6-12(10-22)15(24)20-13-4-3-8-23(11-13)18(25)17-21-14-5-2-7-19-16(14)26-17/h2,5,7,12-13H,3-4,6,8-11H2,1H3,(H,20,24). The van der Waals surface area contributed by atoms with Crippen LogP contribution in [-0.2, 0) is 4.79 Å². The number of hydrogen-bond donors (Lipinski definition) is 1. The smallest absolute Gasteiger partial charge is 0.282 e. The van der Waals surface area contributed by atoms with Crippen LogP contribution in [0.15, 0.2) is 18.3 Å². The van der Waals surface area contributed by atoms with Crippen LogP contribution in [0.25, 0.3) is 10.3 Å². The maximum atomic E-state index is 12.8. The van der Waals surface area contributed by atoms with E-state index in [0.717, 1.165) is 42.7 Å². The summed E-state index contributed by atoms with van der Waals surface area (Å²) >= 11 is 1.33. The zero-order valence-corrected chi connectivity index (χ0v) is 15.7. The highest BCUT2D eigenvalue weighted by Crippen LogP contribution is 2.22. The molecule has 2 unspecified atom stereocenters. The van der Waals surface area contributed by atoms with Crippen molar-refractivity contribution in [2.75, 3.05) is 33.2 Å². The monoisotopic (exact) mass is 373 g/mol. The van der Waals surface area contributed by atoms with Crippen molar-refractivity contribution in [3.05, 3.63) is 23.3 Å². The summed E-state index contributed by atoms with van der Waals surface area (Å²) in [6.45, 7) is 3.05. The summed E-state index contributed by atoms with van der Waals surface area (Å²) in [7, 11) is 2.04. The van der Waals surface area contributed by atoms with E-state index >= 15 is 0 Å². The minimum atomic E-state index is -0.0625. The first-order chi connectivity index (χ1) is 12.6. The molecule has 2 fully saturated rings. The van der Waals surface area contributed by atoms with Crippen LogP contribution in [0.3, 0.4) is 0 Å². The number of aromatic nitrogens is 2. The summed E-state index contributed by atoms with van der Waals surface area (Å²) in [5.74, 6) is 0.131. The van der Waals surface area contributed by atoms with E-state index in [-0.39, 0.29) is 23.8 Å². The topological polar surface area (TPSA) is 78.4 Å². The molecule has 2 aliphatic heterocycles. The molecule has 1 N–H and O–H groups in total. The molecule has 4 heterocycles. The van der Waals surface area contributed by atoms with Crippen molar-refractivity contribution in [2.24, 2.45) is 5.92 Å². The lowest BCUT2D eigenvalue weighted by atomic mass is 10.0. The Balaban J connectivity index is 1.39. The fourth-order valence-corrected chi connectivity index (χ4v) is 4.62. The van der Waals surface area contributed by atoms with Crippen molar-refractivity contribution in [3.8, 4) is 0 Å². The molecule has 2 aromatic heterocycles. The van der Waals surface area contributed by atoms with Gasteiger partial charge in [0.05, 0.1) is 5.92 Å². The molecule has 0 bridgehead atoms. The Hall–Kier alpha value is -2.06. The van der Waals surface area contributed by atoms with Crippen molar-refractivity contribution in [3.63, 3.8) is 0 Å². The predicted octanol–water partition coefficient (Wildman–Crippen LogP) is 1.36. The van der Waals surface area contributed by atoms with Crippen LogP contribution in [0.4, 0.5) is 0 Å². The van der Waals surface area contributed by atoms with Crippen LogP contribution in [-0.4, -0.2) is 70.9 Å². The Morgan fingerprint density at radius 3 is 2.92 bits per heavy atom. The minimum absolute atomic E-state index is 0.0265. The van der Waals surface area contributed by atoms with Gasteiger partial charge in [-0.2, -0.15) is 0 Å². The van der Waals surface area contributed by atoms with Gasteiger partial charge in [-0.05, 0) is 45.0 Å². The minimum Gasteiger partial charge on any atom is -0.351 e. The van der Waals surface area contributed by atoms with Gasteiger partial charge in [-0.3, -0.25) is 9.59 Å². The highest BCUT2D eigenvalue weighted by atomic mass is 32.1. The number of rotatable bonds is 3. The molecule has 0 saturated carbocycles. The van der Waals surface area contributed by atoms with Gasteiger partial charge < -0.3 is 15.1 Å². The van der Waals surface area contributed by atoms with Crippen molar-refractivity contribution in [1.82, 2.24) is 25.1 Å². The summed E-state index contributed by atoms with van der Waals surface area (Å²) in [5, 5.41) is 3.63. The molecule has 2 atom stereocenters. The van der Waals surface area contributed by atoms with Gasteiger partial charge in [-0.15, -0.1) is 0 Å².